The van der Waals surface area contributed by atoms with E-state index in [1.807, 2.05) is 18.5 Å². The molecule has 0 unspecified atom stereocenters. The van der Waals surface area contributed by atoms with E-state index in [-0.39, 0.29) is 5.95 Å². The van der Waals surface area contributed by atoms with Crippen LogP contribution in [0.15, 0.2) is 0 Å². The van der Waals surface area contributed by atoms with Gasteiger partial charge in [0, 0.05) is 7.05 Å². The van der Waals surface area contributed by atoms with Gasteiger partial charge < -0.3 is 15.0 Å². The molecule has 2 N–H and O–H groups in total. The van der Waals surface area contributed by atoms with Crippen LogP contribution in [-0.4, -0.2) is 26.6 Å². The van der Waals surface area contributed by atoms with Gasteiger partial charge in [-0.05, 0) is 6.92 Å². The zero-order chi connectivity index (χ0) is 10.3. The summed E-state index contributed by atoms with van der Waals surface area (Å²) >= 11 is 0. The third-order valence-electron chi connectivity index (χ3n) is 2.13. The number of nitrogens with two attached hydrogens (primary N) is 1. The van der Waals surface area contributed by atoms with Crippen LogP contribution in [0.3, 0.4) is 0 Å². The fraction of sp³-hybridized carbons (Fsp3) is 0.375. The zero-order valence-corrected chi connectivity index (χ0v) is 8.27. The third-order valence-corrected chi connectivity index (χ3v) is 2.13. The summed E-state index contributed by atoms with van der Waals surface area (Å²) in [6.45, 7) is 1.89. The largest absolute Gasteiger partial charge is 0.479 e. The number of ether oxygens (including phenoxy) is 1. The minimum atomic E-state index is 0.174. The lowest BCUT2D eigenvalue weighted by Gasteiger charge is -2.02. The van der Waals surface area contributed by atoms with Gasteiger partial charge in [0.25, 0.3) is 0 Å². The molecule has 0 saturated heterocycles. The summed E-state index contributed by atoms with van der Waals surface area (Å²) in [6.07, 6.45) is 0. The van der Waals surface area contributed by atoms with Crippen molar-refractivity contribution in [3.8, 4) is 5.88 Å². The van der Waals surface area contributed by atoms with Crippen molar-refractivity contribution in [1.82, 2.24) is 19.5 Å². The van der Waals surface area contributed by atoms with E-state index >= 15 is 0 Å². The van der Waals surface area contributed by atoms with Gasteiger partial charge in [0.15, 0.2) is 11.2 Å². The van der Waals surface area contributed by atoms with Gasteiger partial charge in [0.05, 0.1) is 7.11 Å². The Morgan fingerprint density at radius 2 is 2.00 bits per heavy atom. The molecule has 0 aromatic carbocycles. The SMILES string of the molecule is COc1nc(N)nc2nc(C)n(C)c12. The number of nitrogens with zero attached hydrogens (tertiary/aromatic N) is 4. The lowest BCUT2D eigenvalue weighted by atomic mass is 10.5. The van der Waals surface area contributed by atoms with E-state index in [2.05, 4.69) is 15.0 Å². The van der Waals surface area contributed by atoms with Crippen LogP contribution in [0.2, 0.25) is 0 Å². The van der Waals surface area contributed by atoms with Crippen LogP contribution in [0.25, 0.3) is 11.2 Å². The predicted molar refractivity (Wildman–Crippen MR) is 52.0 cm³/mol. The molecule has 2 aromatic rings. The lowest BCUT2D eigenvalue weighted by Crippen LogP contribution is -2.00. The van der Waals surface area contributed by atoms with Gasteiger partial charge in [-0.3, -0.25) is 0 Å². The monoisotopic (exact) mass is 193 g/mol. The second kappa shape index (κ2) is 2.83. The molecule has 6 heteroatoms. The van der Waals surface area contributed by atoms with Crippen molar-refractivity contribution in [3.63, 3.8) is 0 Å². The molecule has 0 bridgehead atoms. The normalized spacial score (nSPS) is 10.8. The number of aromatic nitrogens is 4. The summed E-state index contributed by atoms with van der Waals surface area (Å²) in [6, 6.07) is 0. The molecule has 0 atom stereocenters. The van der Waals surface area contributed by atoms with Crippen LogP contribution in [0.1, 0.15) is 5.82 Å². The minimum Gasteiger partial charge on any atom is -0.479 e. The molecule has 0 aliphatic rings. The van der Waals surface area contributed by atoms with Crippen molar-refractivity contribution < 1.29 is 4.74 Å². The van der Waals surface area contributed by atoms with E-state index in [1.165, 1.54) is 0 Å². The van der Waals surface area contributed by atoms with Gasteiger partial charge in [0.2, 0.25) is 11.8 Å². The van der Waals surface area contributed by atoms with Crippen LogP contribution >= 0.6 is 0 Å². The summed E-state index contributed by atoms with van der Waals surface area (Å²) < 4.78 is 6.98. The Kier molecular flexibility index (Phi) is 1.77. The molecule has 6 nitrogen and oxygen atoms in total. The van der Waals surface area contributed by atoms with Crippen LogP contribution in [0, 0.1) is 6.92 Å². The van der Waals surface area contributed by atoms with E-state index in [1.54, 1.807) is 7.11 Å². The second-order valence-electron chi connectivity index (χ2n) is 2.98. The summed E-state index contributed by atoms with van der Waals surface area (Å²) in [4.78, 5) is 12.2. The maximum Gasteiger partial charge on any atom is 0.245 e. The van der Waals surface area contributed by atoms with Crippen LogP contribution in [0.5, 0.6) is 5.88 Å². The van der Waals surface area contributed by atoms with Gasteiger partial charge >= 0.3 is 0 Å². The maximum absolute atomic E-state index is 5.51. The molecule has 0 aliphatic carbocycles. The number of fused-ring (bicyclic) bond motifs is 1. The molecule has 2 heterocycles. The fourth-order valence-corrected chi connectivity index (χ4v) is 1.34. The highest BCUT2D eigenvalue weighted by molar-refractivity contribution is 5.78. The summed E-state index contributed by atoms with van der Waals surface area (Å²) in [5.74, 6) is 1.47. The van der Waals surface area contributed by atoms with E-state index in [4.69, 9.17) is 10.5 Å². The average molecular weight is 193 g/mol. The number of nitrogen functional groups attached to an aromatic ring is 1. The number of hydrogen-bond acceptors (Lipinski definition) is 5. The Bertz CT molecular complexity index is 490. The molecule has 0 spiro atoms. The number of hydrogen-bond donors (Lipinski definition) is 1. The van der Waals surface area contributed by atoms with Crippen LogP contribution < -0.4 is 10.5 Å². The van der Waals surface area contributed by atoms with Crippen molar-refractivity contribution in [3.05, 3.63) is 5.82 Å². The summed E-state index contributed by atoms with van der Waals surface area (Å²) in [5.41, 5.74) is 6.84. The zero-order valence-electron chi connectivity index (χ0n) is 8.27. The average Bonchev–Trinajstić information content (AvgIpc) is 2.41. The highest BCUT2D eigenvalue weighted by Gasteiger charge is 2.13. The van der Waals surface area contributed by atoms with E-state index in [9.17, 15) is 0 Å². The third kappa shape index (κ3) is 1.07. The van der Waals surface area contributed by atoms with Crippen molar-refractivity contribution in [1.29, 1.82) is 0 Å². The molecule has 0 amide bonds. The first-order chi connectivity index (χ1) is 6.63. The van der Waals surface area contributed by atoms with Crippen LogP contribution in [-0.2, 0) is 7.05 Å². The number of anilines is 1. The Morgan fingerprint density at radius 3 is 2.64 bits per heavy atom. The first kappa shape index (κ1) is 8.74. The number of methoxy groups -OCH3 is 1. The first-order valence-corrected chi connectivity index (χ1v) is 4.14. The Hall–Kier alpha value is -1.85. The van der Waals surface area contributed by atoms with Crippen molar-refractivity contribution in [2.45, 2.75) is 6.92 Å². The van der Waals surface area contributed by atoms with Gasteiger partial charge in [-0.2, -0.15) is 9.97 Å². The molecular weight excluding hydrogens is 182 g/mol. The van der Waals surface area contributed by atoms with Gasteiger partial charge in [-0.15, -0.1) is 0 Å². The molecule has 74 valence electrons. The quantitative estimate of drug-likeness (QED) is 0.702. The standard InChI is InChI=1S/C8H11N5O/c1-4-10-6-5(13(4)2)7(14-3)12-8(9)11-6/h1-3H3,(H2,9,11,12). The highest BCUT2D eigenvalue weighted by atomic mass is 16.5. The summed E-state index contributed by atoms with van der Waals surface area (Å²) in [7, 11) is 3.43. The molecule has 2 aromatic heterocycles. The second-order valence-corrected chi connectivity index (χ2v) is 2.98. The topological polar surface area (TPSA) is 78.8 Å². The van der Waals surface area contributed by atoms with E-state index in [0.29, 0.717) is 11.5 Å². The molecule has 0 fully saturated rings. The van der Waals surface area contributed by atoms with Gasteiger partial charge in [0.1, 0.15) is 5.82 Å². The van der Waals surface area contributed by atoms with Crippen LogP contribution in [0.4, 0.5) is 5.95 Å². The number of aryl methyl sites for hydroxylation is 2. The fourth-order valence-electron chi connectivity index (χ4n) is 1.34. The number of rotatable bonds is 1. The molecule has 0 radical (unpaired) electrons. The van der Waals surface area contributed by atoms with Crippen molar-refractivity contribution in [2.24, 2.45) is 7.05 Å². The van der Waals surface area contributed by atoms with E-state index < -0.39 is 0 Å². The van der Waals surface area contributed by atoms with Crippen molar-refractivity contribution in [2.75, 3.05) is 12.8 Å². The minimum absolute atomic E-state index is 0.174. The highest BCUT2D eigenvalue weighted by Crippen LogP contribution is 2.22. The molecule has 0 saturated carbocycles. The maximum atomic E-state index is 5.51. The molecule has 0 aliphatic heterocycles. The van der Waals surface area contributed by atoms with Crippen molar-refractivity contribution >= 4 is 17.1 Å². The lowest BCUT2D eigenvalue weighted by molar-refractivity contribution is 0.401. The smallest absolute Gasteiger partial charge is 0.245 e. The number of imidazole rings is 1. The summed E-state index contributed by atoms with van der Waals surface area (Å²) in [5, 5.41) is 0. The van der Waals surface area contributed by atoms with E-state index in [0.717, 1.165) is 11.3 Å². The molecular formula is C8H11N5O. The van der Waals surface area contributed by atoms with Gasteiger partial charge in [-0.25, -0.2) is 4.98 Å². The Labute approximate surface area is 80.7 Å². The Morgan fingerprint density at radius 1 is 1.29 bits per heavy atom. The van der Waals surface area contributed by atoms with Gasteiger partial charge in [-0.1, -0.05) is 0 Å². The first-order valence-electron chi connectivity index (χ1n) is 4.14. The predicted octanol–water partition coefficient (Wildman–Crippen LogP) is 0.263. The Balaban J connectivity index is 2.88. The molecule has 2 rings (SSSR count). The molecule has 14 heavy (non-hydrogen) atoms.